The molecule has 4 heteroatoms. The second-order valence-electron chi connectivity index (χ2n) is 3.49. The van der Waals surface area contributed by atoms with Crippen molar-refractivity contribution < 1.29 is 9.13 Å². The van der Waals surface area contributed by atoms with E-state index in [-0.39, 0.29) is 11.9 Å². The van der Waals surface area contributed by atoms with Gasteiger partial charge in [-0.1, -0.05) is 0 Å². The van der Waals surface area contributed by atoms with Crippen LogP contribution in [-0.4, -0.2) is 12.6 Å². The van der Waals surface area contributed by atoms with E-state index in [0.717, 1.165) is 0 Å². The van der Waals surface area contributed by atoms with Gasteiger partial charge in [-0.25, -0.2) is 4.39 Å². The first-order chi connectivity index (χ1) is 7.29. The molecule has 0 spiro atoms. The van der Waals surface area contributed by atoms with E-state index >= 15 is 0 Å². The molecule has 1 aliphatic heterocycles. The summed E-state index contributed by atoms with van der Waals surface area (Å²) in [7, 11) is 0. The molecule has 2 rings (SSSR count). The Balaban J connectivity index is 2.09. The van der Waals surface area contributed by atoms with Crippen molar-refractivity contribution in [2.45, 2.75) is 18.9 Å². The largest absolute Gasteiger partial charge is 0.489 e. The Bertz CT molecular complexity index is 400. The van der Waals surface area contributed by atoms with E-state index in [1.807, 2.05) is 0 Å². The average Bonchev–Trinajstić information content (AvgIpc) is 2.25. The minimum absolute atomic E-state index is 0.0962. The van der Waals surface area contributed by atoms with Crippen molar-refractivity contribution in [3.8, 4) is 11.8 Å². The van der Waals surface area contributed by atoms with Gasteiger partial charge in [0, 0.05) is 12.5 Å². The zero-order valence-electron chi connectivity index (χ0n) is 8.16. The van der Waals surface area contributed by atoms with E-state index in [1.54, 1.807) is 6.07 Å². The lowest BCUT2D eigenvalue weighted by Gasteiger charge is -2.26. The van der Waals surface area contributed by atoms with Gasteiger partial charge in [-0.15, -0.1) is 0 Å². The lowest BCUT2D eigenvalue weighted by atomic mass is 10.1. The van der Waals surface area contributed by atoms with Crippen LogP contribution in [0.4, 0.5) is 10.1 Å². The predicted molar refractivity (Wildman–Crippen MR) is 54.2 cm³/mol. The molecule has 0 bridgehead atoms. The number of nitriles is 1. The van der Waals surface area contributed by atoms with Crippen molar-refractivity contribution in [3.63, 3.8) is 0 Å². The van der Waals surface area contributed by atoms with Gasteiger partial charge in [0.25, 0.3) is 0 Å². The van der Waals surface area contributed by atoms with E-state index in [0.29, 0.717) is 30.9 Å². The summed E-state index contributed by atoms with van der Waals surface area (Å²) in [6.45, 7) is 0.528. The number of halogens is 1. The van der Waals surface area contributed by atoms with Gasteiger partial charge in [-0.2, -0.15) is 5.26 Å². The molecular weight excluding hydrogens is 195 g/mol. The molecule has 0 aliphatic carbocycles. The highest BCUT2D eigenvalue weighted by molar-refractivity contribution is 5.58. The number of rotatable bonds is 2. The Morgan fingerprint density at radius 1 is 1.60 bits per heavy atom. The topological polar surface area (TPSA) is 45.0 Å². The smallest absolute Gasteiger partial charge is 0.142 e. The van der Waals surface area contributed by atoms with Crippen LogP contribution in [0.3, 0.4) is 0 Å². The minimum Gasteiger partial charge on any atom is -0.489 e. The Morgan fingerprint density at radius 3 is 3.27 bits per heavy atom. The molecule has 1 aliphatic rings. The van der Waals surface area contributed by atoms with E-state index in [2.05, 4.69) is 11.4 Å². The summed E-state index contributed by atoms with van der Waals surface area (Å²) in [5.41, 5.74) is 0.671. The van der Waals surface area contributed by atoms with Crippen molar-refractivity contribution in [3.05, 3.63) is 24.0 Å². The summed E-state index contributed by atoms with van der Waals surface area (Å²) >= 11 is 0. The lowest BCUT2D eigenvalue weighted by Crippen LogP contribution is -2.31. The van der Waals surface area contributed by atoms with Gasteiger partial charge in [-0.05, 0) is 18.6 Å². The zero-order valence-corrected chi connectivity index (χ0v) is 8.16. The summed E-state index contributed by atoms with van der Waals surface area (Å²) < 4.78 is 18.4. The summed E-state index contributed by atoms with van der Waals surface area (Å²) in [4.78, 5) is 0. The second kappa shape index (κ2) is 4.18. The molecular formula is C11H11FN2O. The summed E-state index contributed by atoms with van der Waals surface area (Å²) in [6, 6.07) is 6.57. The fourth-order valence-corrected chi connectivity index (χ4v) is 1.59. The average molecular weight is 206 g/mol. The van der Waals surface area contributed by atoms with Gasteiger partial charge >= 0.3 is 0 Å². The molecule has 0 fully saturated rings. The zero-order chi connectivity index (χ0) is 10.7. The molecule has 0 amide bonds. The van der Waals surface area contributed by atoms with Crippen LogP contribution in [0.2, 0.25) is 0 Å². The quantitative estimate of drug-likeness (QED) is 0.807. The number of fused-ring (bicyclic) bond motifs is 1. The molecule has 1 aromatic carbocycles. The normalized spacial score (nSPS) is 18.3. The van der Waals surface area contributed by atoms with Crippen molar-refractivity contribution in [1.82, 2.24) is 0 Å². The van der Waals surface area contributed by atoms with Crippen LogP contribution in [0.25, 0.3) is 0 Å². The third-order valence-electron chi connectivity index (χ3n) is 2.35. The molecule has 1 N–H and O–H groups in total. The van der Waals surface area contributed by atoms with E-state index in [1.165, 1.54) is 12.1 Å². The maximum Gasteiger partial charge on any atom is 0.142 e. The van der Waals surface area contributed by atoms with Crippen molar-refractivity contribution >= 4 is 5.69 Å². The Labute approximate surface area is 87.5 Å². The number of anilines is 1. The minimum atomic E-state index is -0.286. The molecule has 0 aromatic heterocycles. The maximum absolute atomic E-state index is 12.9. The van der Waals surface area contributed by atoms with Gasteiger partial charge in [-0.3, -0.25) is 0 Å². The molecule has 15 heavy (non-hydrogen) atoms. The first-order valence-corrected chi connectivity index (χ1v) is 4.85. The monoisotopic (exact) mass is 206 g/mol. The maximum atomic E-state index is 12.9. The summed E-state index contributed by atoms with van der Waals surface area (Å²) in [5, 5.41) is 11.6. The standard InChI is InChI=1S/C11H11FN2O/c12-8-3-4-11-10(6-8)14-9(7-15-11)2-1-5-13/h3-4,6,9,14H,1-2,7H2. The first-order valence-electron chi connectivity index (χ1n) is 4.85. The van der Waals surface area contributed by atoms with Gasteiger partial charge in [0.2, 0.25) is 0 Å². The molecule has 1 unspecified atom stereocenters. The van der Waals surface area contributed by atoms with Crippen LogP contribution in [0, 0.1) is 17.1 Å². The SMILES string of the molecule is N#CCCC1COc2ccc(F)cc2N1. The molecule has 1 aromatic rings. The van der Waals surface area contributed by atoms with Crippen molar-refractivity contribution in [2.75, 3.05) is 11.9 Å². The molecule has 0 saturated carbocycles. The van der Waals surface area contributed by atoms with Crippen molar-refractivity contribution in [2.24, 2.45) is 0 Å². The van der Waals surface area contributed by atoms with E-state index in [4.69, 9.17) is 10.00 Å². The third-order valence-corrected chi connectivity index (χ3v) is 2.35. The van der Waals surface area contributed by atoms with E-state index in [9.17, 15) is 4.39 Å². The van der Waals surface area contributed by atoms with Crippen LogP contribution in [0.1, 0.15) is 12.8 Å². The highest BCUT2D eigenvalue weighted by Crippen LogP contribution is 2.30. The van der Waals surface area contributed by atoms with Gasteiger partial charge in [0.1, 0.15) is 18.2 Å². The van der Waals surface area contributed by atoms with Gasteiger partial charge < -0.3 is 10.1 Å². The molecule has 1 heterocycles. The molecule has 0 saturated heterocycles. The van der Waals surface area contributed by atoms with Crippen molar-refractivity contribution in [1.29, 1.82) is 5.26 Å². The van der Waals surface area contributed by atoms with Gasteiger partial charge in [0.15, 0.2) is 0 Å². The van der Waals surface area contributed by atoms with Crippen LogP contribution in [0.15, 0.2) is 18.2 Å². The van der Waals surface area contributed by atoms with E-state index < -0.39 is 0 Å². The predicted octanol–water partition coefficient (Wildman–Crippen LogP) is 2.30. The number of nitrogens with one attached hydrogen (secondary N) is 1. The van der Waals surface area contributed by atoms with Crippen LogP contribution >= 0.6 is 0 Å². The summed E-state index contributed by atoms with van der Waals surface area (Å²) in [6.07, 6.45) is 1.19. The molecule has 78 valence electrons. The number of hydrogen-bond acceptors (Lipinski definition) is 3. The number of benzene rings is 1. The first kappa shape index (κ1) is 9.78. The van der Waals surface area contributed by atoms with Crippen LogP contribution in [0.5, 0.6) is 5.75 Å². The Kier molecular flexibility index (Phi) is 2.72. The highest BCUT2D eigenvalue weighted by atomic mass is 19.1. The number of ether oxygens (including phenoxy) is 1. The fourth-order valence-electron chi connectivity index (χ4n) is 1.59. The lowest BCUT2D eigenvalue weighted by molar-refractivity contribution is 0.279. The molecule has 0 radical (unpaired) electrons. The molecule has 1 atom stereocenters. The summed E-state index contributed by atoms with van der Waals surface area (Å²) in [5.74, 6) is 0.385. The fraction of sp³-hybridized carbons (Fsp3) is 0.364. The van der Waals surface area contributed by atoms with Gasteiger partial charge in [0.05, 0.1) is 17.8 Å². The second-order valence-corrected chi connectivity index (χ2v) is 3.49. The third kappa shape index (κ3) is 2.18. The molecule has 3 nitrogen and oxygen atoms in total. The Morgan fingerprint density at radius 2 is 2.47 bits per heavy atom. The number of hydrogen-bond donors (Lipinski definition) is 1. The van der Waals surface area contributed by atoms with Crippen LogP contribution in [-0.2, 0) is 0 Å². The highest BCUT2D eigenvalue weighted by Gasteiger charge is 2.18. The Hall–Kier alpha value is -1.76. The van der Waals surface area contributed by atoms with Crippen LogP contribution < -0.4 is 10.1 Å². The number of nitrogens with zero attached hydrogens (tertiary/aromatic N) is 1.